The van der Waals surface area contributed by atoms with Gasteiger partial charge in [0.2, 0.25) is 6.79 Å². The highest BCUT2D eigenvalue weighted by Crippen LogP contribution is 2.36. The standard InChI is InChI=1S/C24H27N3O3/c1-24(2)13-19(10-11-30-24)25-14-18-15-27(20-6-4-3-5-7-20)26-23(18)17-8-9-21-22(12-17)29-16-28-21/h3-9,12,15,19,25H,10-11,13-14,16H2,1-2H3/t19-/m0/s1. The summed E-state index contributed by atoms with van der Waals surface area (Å²) in [6.07, 6.45) is 4.14. The lowest BCUT2D eigenvalue weighted by Gasteiger charge is -2.36. The average Bonchev–Trinajstić information content (AvgIpc) is 3.38. The van der Waals surface area contributed by atoms with E-state index in [1.807, 2.05) is 41.1 Å². The fourth-order valence-electron chi connectivity index (χ4n) is 4.20. The van der Waals surface area contributed by atoms with Crippen LogP contribution in [0.3, 0.4) is 0 Å². The van der Waals surface area contributed by atoms with E-state index in [1.165, 1.54) is 0 Å². The third-order valence-corrected chi connectivity index (χ3v) is 5.74. The van der Waals surface area contributed by atoms with Gasteiger partial charge in [0.05, 0.1) is 17.0 Å². The highest BCUT2D eigenvalue weighted by molar-refractivity contribution is 5.67. The van der Waals surface area contributed by atoms with Crippen molar-refractivity contribution in [3.63, 3.8) is 0 Å². The van der Waals surface area contributed by atoms with E-state index < -0.39 is 0 Å². The first-order chi connectivity index (χ1) is 14.6. The predicted octanol–water partition coefficient (Wildman–Crippen LogP) is 4.32. The molecule has 156 valence electrons. The molecule has 1 N–H and O–H groups in total. The van der Waals surface area contributed by atoms with Crippen molar-refractivity contribution in [2.24, 2.45) is 0 Å². The summed E-state index contributed by atoms with van der Waals surface area (Å²) in [5.41, 5.74) is 4.10. The molecule has 6 nitrogen and oxygen atoms in total. The Kier molecular flexibility index (Phi) is 4.97. The Balaban J connectivity index is 1.45. The molecule has 0 unspecified atom stereocenters. The van der Waals surface area contributed by atoms with Crippen LogP contribution in [0, 0.1) is 0 Å². The van der Waals surface area contributed by atoms with Gasteiger partial charge in [-0.15, -0.1) is 0 Å². The summed E-state index contributed by atoms with van der Waals surface area (Å²) in [6, 6.07) is 16.6. The van der Waals surface area contributed by atoms with Crippen LogP contribution in [0.5, 0.6) is 11.5 Å². The largest absolute Gasteiger partial charge is 0.454 e. The van der Waals surface area contributed by atoms with Gasteiger partial charge in [0.15, 0.2) is 11.5 Å². The number of hydrogen-bond donors (Lipinski definition) is 1. The highest BCUT2D eigenvalue weighted by atomic mass is 16.7. The van der Waals surface area contributed by atoms with E-state index in [0.717, 1.165) is 60.0 Å². The first-order valence-electron chi connectivity index (χ1n) is 10.5. The number of para-hydroxylation sites is 1. The van der Waals surface area contributed by atoms with Crippen LogP contribution < -0.4 is 14.8 Å². The van der Waals surface area contributed by atoms with Gasteiger partial charge in [-0.3, -0.25) is 0 Å². The molecule has 0 amide bonds. The number of fused-ring (bicyclic) bond motifs is 1. The lowest BCUT2D eigenvalue weighted by molar-refractivity contribution is -0.0630. The summed E-state index contributed by atoms with van der Waals surface area (Å²) in [6.45, 7) is 6.13. The molecule has 1 fully saturated rings. The Hall–Kier alpha value is -2.83. The van der Waals surface area contributed by atoms with E-state index >= 15 is 0 Å². The molecule has 3 heterocycles. The van der Waals surface area contributed by atoms with Gasteiger partial charge in [-0.1, -0.05) is 18.2 Å². The van der Waals surface area contributed by atoms with E-state index in [4.69, 9.17) is 19.3 Å². The molecule has 30 heavy (non-hydrogen) atoms. The molecular weight excluding hydrogens is 378 g/mol. The molecule has 1 saturated heterocycles. The van der Waals surface area contributed by atoms with Crippen molar-refractivity contribution < 1.29 is 14.2 Å². The van der Waals surface area contributed by atoms with Crippen molar-refractivity contribution in [1.29, 1.82) is 0 Å². The first kappa shape index (κ1) is 19.2. The van der Waals surface area contributed by atoms with Crippen molar-refractivity contribution in [2.75, 3.05) is 13.4 Å². The number of ether oxygens (including phenoxy) is 3. The molecule has 1 atom stereocenters. The number of nitrogens with one attached hydrogen (secondary N) is 1. The van der Waals surface area contributed by atoms with Crippen LogP contribution >= 0.6 is 0 Å². The monoisotopic (exact) mass is 405 g/mol. The number of rotatable bonds is 5. The van der Waals surface area contributed by atoms with E-state index in [-0.39, 0.29) is 12.4 Å². The average molecular weight is 405 g/mol. The Bertz CT molecular complexity index is 1030. The SMILES string of the molecule is CC1(C)C[C@@H](NCc2cn(-c3ccccc3)nc2-c2ccc3c(c2)OCO3)CCO1. The lowest BCUT2D eigenvalue weighted by Crippen LogP contribution is -2.43. The maximum Gasteiger partial charge on any atom is 0.231 e. The fraction of sp³-hybridized carbons (Fsp3) is 0.375. The van der Waals surface area contributed by atoms with Gasteiger partial charge >= 0.3 is 0 Å². The molecule has 0 aliphatic carbocycles. The van der Waals surface area contributed by atoms with Crippen LogP contribution in [-0.4, -0.2) is 34.8 Å². The second kappa shape index (κ2) is 7.78. The highest BCUT2D eigenvalue weighted by Gasteiger charge is 2.29. The smallest absolute Gasteiger partial charge is 0.231 e. The zero-order chi connectivity index (χ0) is 20.6. The van der Waals surface area contributed by atoms with Gasteiger partial charge in [0.25, 0.3) is 0 Å². The maximum atomic E-state index is 5.86. The van der Waals surface area contributed by atoms with Crippen LogP contribution in [-0.2, 0) is 11.3 Å². The summed E-state index contributed by atoms with van der Waals surface area (Å²) in [5, 5.41) is 8.66. The molecule has 0 radical (unpaired) electrons. The third kappa shape index (κ3) is 3.93. The molecule has 0 bridgehead atoms. The fourth-order valence-corrected chi connectivity index (χ4v) is 4.20. The Labute approximate surface area is 176 Å². The summed E-state index contributed by atoms with van der Waals surface area (Å²) in [7, 11) is 0. The zero-order valence-electron chi connectivity index (χ0n) is 17.4. The van der Waals surface area contributed by atoms with Crippen LogP contribution in [0.25, 0.3) is 16.9 Å². The molecular formula is C24H27N3O3. The number of benzene rings is 2. The van der Waals surface area contributed by atoms with Crippen LogP contribution in [0.2, 0.25) is 0 Å². The molecule has 5 rings (SSSR count). The minimum atomic E-state index is -0.0791. The van der Waals surface area contributed by atoms with Crippen LogP contribution in [0.15, 0.2) is 54.7 Å². The molecule has 3 aromatic rings. The molecule has 2 aliphatic heterocycles. The normalized spacial score (nSPS) is 19.7. The number of aromatic nitrogens is 2. The Morgan fingerprint density at radius 2 is 1.93 bits per heavy atom. The van der Waals surface area contributed by atoms with Crippen molar-refractivity contribution in [1.82, 2.24) is 15.1 Å². The van der Waals surface area contributed by atoms with E-state index in [2.05, 4.69) is 37.5 Å². The van der Waals surface area contributed by atoms with Gasteiger partial charge in [-0.05, 0) is 57.0 Å². The molecule has 0 saturated carbocycles. The van der Waals surface area contributed by atoms with Crippen molar-refractivity contribution in [3.8, 4) is 28.4 Å². The van der Waals surface area contributed by atoms with Crippen molar-refractivity contribution in [2.45, 2.75) is 44.9 Å². The summed E-state index contributed by atoms with van der Waals surface area (Å²) < 4.78 is 18.9. The van der Waals surface area contributed by atoms with Crippen LogP contribution in [0.1, 0.15) is 32.3 Å². The molecule has 6 heteroatoms. The topological polar surface area (TPSA) is 57.5 Å². The zero-order valence-corrected chi connectivity index (χ0v) is 17.4. The molecule has 2 aromatic carbocycles. The second-order valence-electron chi connectivity index (χ2n) is 8.53. The third-order valence-electron chi connectivity index (χ3n) is 5.74. The second-order valence-corrected chi connectivity index (χ2v) is 8.53. The summed E-state index contributed by atoms with van der Waals surface area (Å²) in [4.78, 5) is 0. The van der Waals surface area contributed by atoms with Crippen molar-refractivity contribution >= 4 is 0 Å². The van der Waals surface area contributed by atoms with E-state index in [9.17, 15) is 0 Å². The van der Waals surface area contributed by atoms with Gasteiger partial charge in [-0.25, -0.2) is 4.68 Å². The predicted molar refractivity (Wildman–Crippen MR) is 115 cm³/mol. The van der Waals surface area contributed by atoms with Crippen molar-refractivity contribution in [3.05, 3.63) is 60.3 Å². The van der Waals surface area contributed by atoms with Gasteiger partial charge < -0.3 is 19.5 Å². The minimum Gasteiger partial charge on any atom is -0.454 e. The van der Waals surface area contributed by atoms with Gasteiger partial charge in [-0.2, -0.15) is 5.10 Å². The number of hydrogen-bond acceptors (Lipinski definition) is 5. The van der Waals surface area contributed by atoms with Gasteiger partial charge in [0, 0.05) is 36.5 Å². The lowest BCUT2D eigenvalue weighted by atomic mass is 9.94. The summed E-state index contributed by atoms with van der Waals surface area (Å²) >= 11 is 0. The Morgan fingerprint density at radius 3 is 2.77 bits per heavy atom. The number of nitrogens with zero attached hydrogens (tertiary/aromatic N) is 2. The first-order valence-corrected chi connectivity index (χ1v) is 10.5. The molecule has 2 aliphatic rings. The molecule has 1 aromatic heterocycles. The Morgan fingerprint density at radius 1 is 1.10 bits per heavy atom. The van der Waals surface area contributed by atoms with E-state index in [0.29, 0.717) is 6.04 Å². The molecule has 0 spiro atoms. The quantitative estimate of drug-likeness (QED) is 0.685. The van der Waals surface area contributed by atoms with Crippen LogP contribution in [0.4, 0.5) is 0 Å². The maximum absolute atomic E-state index is 5.86. The summed E-state index contributed by atoms with van der Waals surface area (Å²) in [5.74, 6) is 1.55. The van der Waals surface area contributed by atoms with E-state index in [1.54, 1.807) is 0 Å². The van der Waals surface area contributed by atoms with Gasteiger partial charge in [0.1, 0.15) is 0 Å². The minimum absolute atomic E-state index is 0.0791.